The van der Waals surface area contributed by atoms with Crippen LogP contribution in [-0.4, -0.2) is 4.98 Å². The van der Waals surface area contributed by atoms with Gasteiger partial charge in [-0.15, -0.1) is 11.3 Å². The summed E-state index contributed by atoms with van der Waals surface area (Å²) in [6, 6.07) is 12.0. The largest absolute Gasteiger partial charge is 0.431 e. The van der Waals surface area contributed by atoms with Crippen molar-refractivity contribution >= 4 is 50.1 Å². The predicted molar refractivity (Wildman–Crippen MR) is 75.6 cm³/mol. The van der Waals surface area contributed by atoms with Crippen LogP contribution in [0.4, 0.5) is 0 Å². The lowest BCUT2D eigenvalue weighted by Crippen LogP contribution is -1.73. The van der Waals surface area contributed by atoms with Gasteiger partial charge in [0.1, 0.15) is 5.52 Å². The van der Waals surface area contributed by atoms with E-state index in [2.05, 4.69) is 33.0 Å². The van der Waals surface area contributed by atoms with Crippen molar-refractivity contribution in [1.29, 1.82) is 0 Å². The molecule has 0 saturated carbocycles. The zero-order valence-corrected chi connectivity index (χ0v) is 11.9. The Bertz CT molecular complexity index is 614. The highest BCUT2D eigenvalue weighted by atomic mass is 79.9. The van der Waals surface area contributed by atoms with Gasteiger partial charge in [-0.25, -0.2) is 4.98 Å². The Balaban J connectivity index is 1.76. The SMILES string of the molecule is Brc1ccc(CSc2nc3ccccc3o2)s1. The molecule has 0 atom stereocenters. The number of oxazole rings is 1. The van der Waals surface area contributed by atoms with Crippen molar-refractivity contribution < 1.29 is 4.42 Å². The molecule has 1 aromatic carbocycles. The number of hydrogen-bond donors (Lipinski definition) is 0. The Morgan fingerprint density at radius 1 is 1.24 bits per heavy atom. The fourth-order valence-corrected chi connectivity index (χ4v) is 3.84. The molecular formula is C12H8BrNOS2. The van der Waals surface area contributed by atoms with Gasteiger partial charge < -0.3 is 4.42 Å². The van der Waals surface area contributed by atoms with E-state index in [9.17, 15) is 0 Å². The summed E-state index contributed by atoms with van der Waals surface area (Å²) < 4.78 is 6.80. The maximum atomic E-state index is 5.64. The molecule has 0 aliphatic carbocycles. The van der Waals surface area contributed by atoms with Gasteiger partial charge in [-0.3, -0.25) is 0 Å². The highest BCUT2D eigenvalue weighted by Crippen LogP contribution is 2.30. The molecule has 0 unspecified atom stereocenters. The van der Waals surface area contributed by atoms with Crippen LogP contribution in [0.2, 0.25) is 0 Å². The molecule has 0 saturated heterocycles. The zero-order chi connectivity index (χ0) is 11.7. The van der Waals surface area contributed by atoms with Crippen LogP contribution in [0.25, 0.3) is 11.1 Å². The highest BCUT2D eigenvalue weighted by Gasteiger charge is 2.06. The number of thiophene rings is 1. The van der Waals surface area contributed by atoms with E-state index in [0.717, 1.165) is 25.9 Å². The highest BCUT2D eigenvalue weighted by molar-refractivity contribution is 9.11. The molecule has 0 spiro atoms. The van der Waals surface area contributed by atoms with Crippen LogP contribution in [0, 0.1) is 0 Å². The van der Waals surface area contributed by atoms with E-state index < -0.39 is 0 Å². The summed E-state index contributed by atoms with van der Waals surface area (Å²) in [5.74, 6) is 0.892. The second kappa shape index (κ2) is 4.84. The van der Waals surface area contributed by atoms with Gasteiger partial charge in [0.05, 0.1) is 3.79 Å². The van der Waals surface area contributed by atoms with E-state index in [1.165, 1.54) is 4.88 Å². The van der Waals surface area contributed by atoms with E-state index >= 15 is 0 Å². The van der Waals surface area contributed by atoms with E-state index in [4.69, 9.17) is 4.42 Å². The first kappa shape index (κ1) is 11.3. The van der Waals surface area contributed by atoms with Crippen LogP contribution in [0.15, 0.2) is 49.8 Å². The molecule has 0 bridgehead atoms. The topological polar surface area (TPSA) is 26.0 Å². The number of nitrogens with zero attached hydrogens (tertiary/aromatic N) is 1. The van der Waals surface area contributed by atoms with E-state index in [1.54, 1.807) is 23.1 Å². The number of thioether (sulfide) groups is 1. The van der Waals surface area contributed by atoms with Gasteiger partial charge in [0.2, 0.25) is 0 Å². The van der Waals surface area contributed by atoms with Crippen LogP contribution >= 0.6 is 39.0 Å². The summed E-state index contributed by atoms with van der Waals surface area (Å²) in [4.78, 5) is 5.73. The normalized spacial score (nSPS) is 11.1. The van der Waals surface area contributed by atoms with Crippen LogP contribution in [0.1, 0.15) is 4.88 Å². The quantitative estimate of drug-likeness (QED) is 0.637. The van der Waals surface area contributed by atoms with Gasteiger partial charge in [-0.05, 0) is 40.2 Å². The standard InChI is InChI=1S/C12H8BrNOS2/c13-11-6-5-8(17-11)7-16-12-14-9-3-1-2-4-10(9)15-12/h1-6H,7H2. The van der Waals surface area contributed by atoms with E-state index in [1.807, 2.05) is 24.3 Å². The maximum absolute atomic E-state index is 5.64. The molecular weight excluding hydrogens is 318 g/mol. The number of rotatable bonds is 3. The van der Waals surface area contributed by atoms with Gasteiger partial charge >= 0.3 is 0 Å². The van der Waals surface area contributed by atoms with Crippen molar-refractivity contribution in [3.05, 3.63) is 45.1 Å². The molecule has 2 aromatic heterocycles. The molecule has 0 N–H and O–H groups in total. The Kier molecular flexibility index (Phi) is 3.22. The minimum atomic E-state index is 0.732. The van der Waals surface area contributed by atoms with E-state index in [-0.39, 0.29) is 0 Å². The predicted octanol–water partition coefficient (Wildman–Crippen LogP) is 4.94. The molecule has 0 radical (unpaired) electrons. The van der Waals surface area contributed by atoms with Gasteiger partial charge in [0.25, 0.3) is 5.22 Å². The lowest BCUT2D eigenvalue weighted by molar-refractivity contribution is 0.489. The van der Waals surface area contributed by atoms with Gasteiger partial charge in [0.15, 0.2) is 5.58 Å². The summed E-state index contributed by atoms with van der Waals surface area (Å²) in [6.45, 7) is 0. The Hall–Kier alpha value is -0.780. The van der Waals surface area contributed by atoms with Crippen LogP contribution < -0.4 is 0 Å². The van der Waals surface area contributed by atoms with Crippen molar-refractivity contribution in [2.45, 2.75) is 11.0 Å². The van der Waals surface area contributed by atoms with Crippen molar-refractivity contribution in [3.63, 3.8) is 0 Å². The van der Waals surface area contributed by atoms with Crippen LogP contribution in [0.5, 0.6) is 0 Å². The first-order chi connectivity index (χ1) is 8.31. The van der Waals surface area contributed by atoms with E-state index in [0.29, 0.717) is 0 Å². The molecule has 86 valence electrons. The number of para-hydroxylation sites is 2. The summed E-state index contributed by atoms with van der Waals surface area (Å²) in [5, 5.41) is 0.732. The number of aromatic nitrogens is 1. The summed E-state index contributed by atoms with van der Waals surface area (Å²) >= 11 is 6.82. The minimum Gasteiger partial charge on any atom is -0.431 e. The Morgan fingerprint density at radius 2 is 2.12 bits per heavy atom. The molecule has 2 nitrogen and oxygen atoms in total. The molecule has 0 aliphatic rings. The number of fused-ring (bicyclic) bond motifs is 1. The smallest absolute Gasteiger partial charge is 0.257 e. The van der Waals surface area contributed by atoms with Crippen molar-refractivity contribution in [1.82, 2.24) is 4.98 Å². The summed E-state index contributed by atoms with van der Waals surface area (Å²) in [6.07, 6.45) is 0. The number of hydrogen-bond acceptors (Lipinski definition) is 4. The fourth-order valence-electron chi connectivity index (χ4n) is 1.47. The van der Waals surface area contributed by atoms with Crippen molar-refractivity contribution in [2.24, 2.45) is 0 Å². The second-order valence-corrected chi connectivity index (χ2v) is 6.92. The van der Waals surface area contributed by atoms with Crippen molar-refractivity contribution in [2.75, 3.05) is 0 Å². The molecule has 5 heteroatoms. The first-order valence-corrected chi connectivity index (χ1v) is 7.63. The second-order valence-electron chi connectivity index (χ2n) is 3.44. The first-order valence-electron chi connectivity index (χ1n) is 5.04. The van der Waals surface area contributed by atoms with Gasteiger partial charge in [-0.2, -0.15) is 0 Å². The lowest BCUT2D eigenvalue weighted by atomic mass is 10.3. The molecule has 0 aliphatic heterocycles. The third kappa shape index (κ3) is 2.56. The molecule has 0 amide bonds. The monoisotopic (exact) mass is 325 g/mol. The number of benzene rings is 1. The lowest BCUT2D eigenvalue weighted by Gasteiger charge is -1.91. The molecule has 3 rings (SSSR count). The average Bonchev–Trinajstić information content (AvgIpc) is 2.91. The number of halogens is 1. The van der Waals surface area contributed by atoms with Gasteiger partial charge in [-0.1, -0.05) is 23.9 Å². The fraction of sp³-hybridized carbons (Fsp3) is 0.0833. The molecule has 0 fully saturated rings. The molecule has 3 aromatic rings. The van der Waals surface area contributed by atoms with Crippen LogP contribution in [0.3, 0.4) is 0 Å². The maximum Gasteiger partial charge on any atom is 0.257 e. The summed E-state index contributed by atoms with van der Waals surface area (Å²) in [5.41, 5.74) is 1.77. The summed E-state index contributed by atoms with van der Waals surface area (Å²) in [7, 11) is 0. The van der Waals surface area contributed by atoms with Crippen molar-refractivity contribution in [3.8, 4) is 0 Å². The average molecular weight is 326 g/mol. The third-order valence-electron chi connectivity index (χ3n) is 2.24. The molecule has 2 heterocycles. The van der Waals surface area contributed by atoms with Crippen LogP contribution in [-0.2, 0) is 5.75 Å². The minimum absolute atomic E-state index is 0.732. The Morgan fingerprint density at radius 3 is 2.88 bits per heavy atom. The van der Waals surface area contributed by atoms with Gasteiger partial charge in [0, 0.05) is 10.6 Å². The third-order valence-corrected chi connectivity index (χ3v) is 4.92. The molecule has 17 heavy (non-hydrogen) atoms. The zero-order valence-electron chi connectivity index (χ0n) is 8.72. The Labute approximate surface area is 115 Å².